The van der Waals surface area contributed by atoms with Gasteiger partial charge in [0, 0.05) is 32.7 Å². The van der Waals surface area contributed by atoms with Crippen LogP contribution in [0, 0.1) is 5.82 Å². The molecule has 0 amide bonds. The smallest absolute Gasteiger partial charge is 0.338 e. The van der Waals surface area contributed by atoms with Gasteiger partial charge in [0.05, 0.1) is 18.4 Å². The first-order valence-corrected chi connectivity index (χ1v) is 13.7. The number of carbonyl (C=O) groups is 1. The minimum Gasteiger partial charge on any atom is -0.495 e. The summed E-state index contributed by atoms with van der Waals surface area (Å²) in [5.74, 6) is -2.73. The first-order chi connectivity index (χ1) is 17.3. The topological polar surface area (TPSA) is 106 Å². The number of halogens is 1. The van der Waals surface area contributed by atoms with Crippen LogP contribution in [0.4, 0.5) is 10.1 Å². The number of anilines is 1. The molecule has 0 radical (unpaired) electrons. The van der Waals surface area contributed by atoms with Gasteiger partial charge in [-0.25, -0.2) is 14.2 Å². The molecule has 0 saturated heterocycles. The highest BCUT2D eigenvalue weighted by atomic mass is 32.2. The van der Waals surface area contributed by atoms with Crippen LogP contribution in [0.1, 0.15) is 10.4 Å². The van der Waals surface area contributed by atoms with E-state index in [1.54, 1.807) is 11.3 Å². The van der Waals surface area contributed by atoms with Gasteiger partial charge in [0.15, 0.2) is 5.03 Å². The fourth-order valence-corrected chi connectivity index (χ4v) is 6.80. The second-order valence-corrected chi connectivity index (χ2v) is 11.1. The standard InChI is InChI=1S/C25H17FN2O5S3/c1-33-21-10-17(25(29)30)19(26)11-20(21)28-36(31,32)23-13-35-24(27-23)15-8-6-14(7-9-15)18-12-34-22-5-3-2-4-16(18)22/h2-13,28H,1H3,(H,29,30). The van der Waals surface area contributed by atoms with Gasteiger partial charge in [0.2, 0.25) is 0 Å². The van der Waals surface area contributed by atoms with Crippen molar-refractivity contribution in [2.24, 2.45) is 0 Å². The number of methoxy groups -OCH3 is 1. The maximum atomic E-state index is 14.2. The number of fused-ring (bicyclic) bond motifs is 1. The van der Waals surface area contributed by atoms with Crippen LogP contribution in [0.2, 0.25) is 0 Å². The Labute approximate surface area is 213 Å². The second-order valence-electron chi connectivity index (χ2n) is 7.66. The monoisotopic (exact) mass is 540 g/mol. The molecule has 3 aromatic carbocycles. The molecule has 2 N–H and O–H groups in total. The molecule has 0 aliphatic carbocycles. The van der Waals surface area contributed by atoms with Gasteiger partial charge in [-0.05, 0) is 23.1 Å². The van der Waals surface area contributed by atoms with Gasteiger partial charge in [-0.1, -0.05) is 42.5 Å². The highest BCUT2D eigenvalue weighted by molar-refractivity contribution is 7.92. The molecular formula is C25H17FN2O5S3. The number of benzene rings is 3. The van der Waals surface area contributed by atoms with Crippen molar-refractivity contribution in [3.63, 3.8) is 0 Å². The summed E-state index contributed by atoms with van der Waals surface area (Å²) in [4.78, 5) is 15.4. The Kier molecular flexibility index (Phi) is 6.20. The third kappa shape index (κ3) is 4.43. The van der Waals surface area contributed by atoms with Crippen LogP contribution in [-0.4, -0.2) is 31.6 Å². The molecule has 5 aromatic rings. The number of thiophene rings is 1. The highest BCUT2D eigenvalue weighted by Crippen LogP contribution is 2.36. The van der Waals surface area contributed by atoms with Crippen LogP contribution >= 0.6 is 22.7 Å². The Balaban J connectivity index is 1.40. The molecule has 0 saturated carbocycles. The van der Waals surface area contributed by atoms with Crippen molar-refractivity contribution in [1.29, 1.82) is 0 Å². The fourth-order valence-electron chi connectivity index (χ4n) is 3.67. The summed E-state index contributed by atoms with van der Waals surface area (Å²) in [5.41, 5.74) is 2.05. The van der Waals surface area contributed by atoms with Crippen LogP contribution in [0.3, 0.4) is 0 Å². The number of carboxylic acid groups (broad SMARTS) is 1. The normalized spacial score (nSPS) is 11.5. The number of aromatic carboxylic acids is 1. The van der Waals surface area contributed by atoms with E-state index in [0.717, 1.165) is 40.2 Å². The Morgan fingerprint density at radius 2 is 1.75 bits per heavy atom. The largest absolute Gasteiger partial charge is 0.495 e. The van der Waals surface area contributed by atoms with Gasteiger partial charge < -0.3 is 9.84 Å². The summed E-state index contributed by atoms with van der Waals surface area (Å²) >= 11 is 2.83. The lowest BCUT2D eigenvalue weighted by atomic mass is 10.0. The zero-order chi connectivity index (χ0) is 25.4. The van der Waals surface area contributed by atoms with Gasteiger partial charge in [0.1, 0.15) is 16.6 Å². The molecule has 36 heavy (non-hydrogen) atoms. The van der Waals surface area contributed by atoms with Crippen molar-refractivity contribution in [3.05, 3.63) is 82.8 Å². The maximum absolute atomic E-state index is 14.2. The molecule has 0 unspecified atom stereocenters. The molecule has 5 rings (SSSR count). The van der Waals surface area contributed by atoms with Crippen LogP contribution < -0.4 is 9.46 Å². The Morgan fingerprint density at radius 3 is 2.47 bits per heavy atom. The predicted octanol–water partition coefficient (Wildman–Crippen LogP) is 6.34. The minimum absolute atomic E-state index is 0.135. The van der Waals surface area contributed by atoms with E-state index in [2.05, 4.69) is 27.2 Å². The van der Waals surface area contributed by atoms with Crippen LogP contribution in [-0.2, 0) is 10.0 Å². The molecular weight excluding hydrogens is 523 g/mol. The molecule has 11 heteroatoms. The predicted molar refractivity (Wildman–Crippen MR) is 139 cm³/mol. The van der Waals surface area contributed by atoms with Gasteiger partial charge in [0.25, 0.3) is 10.0 Å². The number of ether oxygens (including phenoxy) is 1. The molecule has 0 fully saturated rings. The summed E-state index contributed by atoms with van der Waals surface area (Å²) < 4.78 is 48.5. The van der Waals surface area contributed by atoms with E-state index in [1.807, 2.05) is 36.4 Å². The third-order valence-corrected chi connectivity index (χ3v) is 8.70. The number of thiazole rings is 1. The van der Waals surface area contributed by atoms with Gasteiger partial charge in [-0.3, -0.25) is 4.72 Å². The Bertz CT molecular complexity index is 1710. The third-order valence-electron chi connectivity index (χ3n) is 5.45. The summed E-state index contributed by atoms with van der Waals surface area (Å²) in [7, 11) is -2.97. The first-order valence-electron chi connectivity index (χ1n) is 10.4. The molecule has 2 aromatic heterocycles. The maximum Gasteiger partial charge on any atom is 0.338 e. The lowest BCUT2D eigenvalue weighted by Gasteiger charge is -2.12. The average molecular weight is 541 g/mol. The lowest BCUT2D eigenvalue weighted by molar-refractivity contribution is 0.0691. The van der Waals surface area contributed by atoms with E-state index in [0.29, 0.717) is 5.01 Å². The first kappa shape index (κ1) is 23.9. The van der Waals surface area contributed by atoms with Crippen LogP contribution in [0.5, 0.6) is 5.75 Å². The Morgan fingerprint density at radius 1 is 1.03 bits per heavy atom. The number of nitrogens with zero attached hydrogens (tertiary/aromatic N) is 1. The fraction of sp³-hybridized carbons (Fsp3) is 0.0400. The van der Waals surface area contributed by atoms with Crippen LogP contribution in [0.15, 0.2) is 76.4 Å². The van der Waals surface area contributed by atoms with E-state index in [9.17, 15) is 17.6 Å². The van der Waals surface area contributed by atoms with Crippen LogP contribution in [0.25, 0.3) is 31.8 Å². The number of aromatic nitrogens is 1. The minimum atomic E-state index is -4.19. The number of nitrogens with one attached hydrogen (secondary N) is 1. The van der Waals surface area contributed by atoms with E-state index in [-0.39, 0.29) is 16.5 Å². The summed E-state index contributed by atoms with van der Waals surface area (Å²) in [6.07, 6.45) is 0. The van der Waals surface area contributed by atoms with Crippen molar-refractivity contribution in [2.75, 3.05) is 11.8 Å². The molecule has 0 atom stereocenters. The molecule has 182 valence electrons. The van der Waals surface area contributed by atoms with E-state index >= 15 is 0 Å². The van der Waals surface area contributed by atoms with Crippen molar-refractivity contribution < 1.29 is 27.4 Å². The molecule has 0 spiro atoms. The number of carboxylic acids is 1. The van der Waals surface area contributed by atoms with E-state index in [4.69, 9.17) is 9.84 Å². The second kappa shape index (κ2) is 9.34. The molecule has 0 aliphatic rings. The van der Waals surface area contributed by atoms with E-state index < -0.39 is 27.4 Å². The zero-order valence-electron chi connectivity index (χ0n) is 18.6. The van der Waals surface area contributed by atoms with Crippen molar-refractivity contribution in [2.45, 2.75) is 5.03 Å². The molecule has 0 bridgehead atoms. The number of sulfonamides is 1. The quantitative estimate of drug-likeness (QED) is 0.250. The Hall–Kier alpha value is -3.80. The van der Waals surface area contributed by atoms with Crippen molar-refractivity contribution >= 4 is 54.4 Å². The van der Waals surface area contributed by atoms with Gasteiger partial charge in [-0.2, -0.15) is 8.42 Å². The SMILES string of the molecule is COc1cc(C(=O)O)c(F)cc1NS(=O)(=O)c1csc(-c2ccc(-c3csc4ccccc34)cc2)n1. The number of rotatable bonds is 7. The van der Waals surface area contributed by atoms with Crippen molar-refractivity contribution in [3.8, 4) is 27.4 Å². The summed E-state index contributed by atoms with van der Waals surface area (Å²) in [6, 6.07) is 17.5. The molecule has 0 aliphatic heterocycles. The molecule has 7 nitrogen and oxygen atoms in total. The average Bonchev–Trinajstić information content (AvgIpc) is 3.52. The van der Waals surface area contributed by atoms with Crippen molar-refractivity contribution in [1.82, 2.24) is 4.98 Å². The molecule has 2 heterocycles. The van der Waals surface area contributed by atoms with E-state index in [1.165, 1.54) is 22.6 Å². The van der Waals surface area contributed by atoms with Gasteiger partial charge >= 0.3 is 5.97 Å². The van der Waals surface area contributed by atoms with Gasteiger partial charge in [-0.15, -0.1) is 22.7 Å². The summed E-state index contributed by atoms with van der Waals surface area (Å²) in [6.45, 7) is 0. The number of hydrogen-bond acceptors (Lipinski definition) is 7. The number of hydrogen-bond donors (Lipinski definition) is 2. The highest BCUT2D eigenvalue weighted by Gasteiger charge is 2.23. The lowest BCUT2D eigenvalue weighted by Crippen LogP contribution is -2.15. The zero-order valence-corrected chi connectivity index (χ0v) is 21.0. The summed E-state index contributed by atoms with van der Waals surface area (Å²) in [5, 5.41) is 14.0.